The minimum Gasteiger partial charge on any atom is -0.383 e. The molecule has 0 atom stereocenters. The van der Waals surface area contributed by atoms with Crippen molar-refractivity contribution in [1.29, 1.82) is 0 Å². The molecule has 1 aliphatic carbocycles. The van der Waals surface area contributed by atoms with Crippen LogP contribution in [-0.2, 0) is 4.79 Å². The minimum atomic E-state index is -0.618. The number of nitrogens with one attached hydrogen (secondary N) is 1. The van der Waals surface area contributed by atoms with E-state index in [1.165, 1.54) is 4.57 Å². The number of anilines is 2. The van der Waals surface area contributed by atoms with Crippen LogP contribution in [-0.4, -0.2) is 13.3 Å². The van der Waals surface area contributed by atoms with Crippen molar-refractivity contribution >= 4 is 40.3 Å². The van der Waals surface area contributed by atoms with Gasteiger partial charge in [-0.25, -0.2) is 9.36 Å². The molecule has 0 spiro atoms. The van der Waals surface area contributed by atoms with Gasteiger partial charge in [0.1, 0.15) is 11.5 Å². The molecule has 0 unspecified atom stereocenters. The third-order valence-electron chi connectivity index (χ3n) is 5.01. The van der Waals surface area contributed by atoms with E-state index >= 15 is 0 Å². The van der Waals surface area contributed by atoms with E-state index in [-0.39, 0.29) is 17.4 Å². The summed E-state index contributed by atoms with van der Waals surface area (Å²) in [4.78, 5) is 37.9. The van der Waals surface area contributed by atoms with Crippen molar-refractivity contribution < 1.29 is 4.79 Å². The summed E-state index contributed by atoms with van der Waals surface area (Å²) in [5.74, 6) is -0.289. The first-order valence-corrected chi connectivity index (χ1v) is 9.52. The summed E-state index contributed by atoms with van der Waals surface area (Å²) in [5, 5.41) is 2.71. The number of hydrogen-bond donors (Lipinski definition) is 2. The molecule has 8 heteroatoms. The molecule has 138 valence electrons. The van der Waals surface area contributed by atoms with Crippen molar-refractivity contribution in [3.8, 4) is 5.69 Å². The zero-order chi connectivity index (χ0) is 18.9. The lowest BCUT2D eigenvalue weighted by molar-refractivity contribution is -0.126. The number of carbonyl (C=O) groups excluding carboxylic acids is 1. The molecular formula is C18H21IN4O3. The number of rotatable bonds is 3. The van der Waals surface area contributed by atoms with Gasteiger partial charge in [-0.05, 0) is 25.0 Å². The summed E-state index contributed by atoms with van der Waals surface area (Å²) in [6.45, 7) is 1.91. The van der Waals surface area contributed by atoms with Gasteiger partial charge >= 0.3 is 5.69 Å². The van der Waals surface area contributed by atoms with Gasteiger partial charge in [0.15, 0.2) is 0 Å². The second-order valence-electron chi connectivity index (χ2n) is 6.88. The highest BCUT2D eigenvalue weighted by Crippen LogP contribution is 2.36. The Balaban J connectivity index is 2.08. The van der Waals surface area contributed by atoms with Gasteiger partial charge < -0.3 is 11.1 Å². The second kappa shape index (κ2) is 7.26. The first-order chi connectivity index (χ1) is 12.3. The Morgan fingerprint density at radius 2 is 1.77 bits per heavy atom. The Morgan fingerprint density at radius 1 is 1.15 bits per heavy atom. The number of nitrogens with two attached hydrogens (primary N) is 1. The Hall–Kier alpha value is -2.10. The largest absolute Gasteiger partial charge is 0.383 e. The van der Waals surface area contributed by atoms with Crippen molar-refractivity contribution in [3.05, 3.63) is 51.2 Å². The number of nitrogens with zero attached hydrogens (tertiary/aromatic N) is 2. The zero-order valence-electron chi connectivity index (χ0n) is 14.5. The van der Waals surface area contributed by atoms with E-state index in [1.807, 2.05) is 13.0 Å². The van der Waals surface area contributed by atoms with Gasteiger partial charge in [0.05, 0.1) is 28.6 Å². The summed E-state index contributed by atoms with van der Waals surface area (Å²) >= 11 is 1.63. The molecule has 1 heterocycles. The lowest BCUT2D eigenvalue weighted by Crippen LogP contribution is -2.41. The van der Waals surface area contributed by atoms with Crippen molar-refractivity contribution in [1.82, 2.24) is 7.35 Å². The van der Waals surface area contributed by atoms with E-state index in [1.54, 1.807) is 47.1 Å². The fourth-order valence-corrected chi connectivity index (χ4v) is 3.82. The number of aromatic nitrogens is 2. The van der Waals surface area contributed by atoms with Crippen LogP contribution in [0.15, 0.2) is 39.9 Å². The second-order valence-corrected chi connectivity index (χ2v) is 7.84. The minimum absolute atomic E-state index is 0.0559. The van der Waals surface area contributed by atoms with E-state index in [0.29, 0.717) is 5.69 Å². The Kier molecular flexibility index (Phi) is 5.22. The molecule has 0 saturated heterocycles. The third kappa shape index (κ3) is 3.29. The molecular weight excluding hydrogens is 447 g/mol. The fourth-order valence-electron chi connectivity index (χ4n) is 3.36. The van der Waals surface area contributed by atoms with E-state index < -0.39 is 16.7 Å². The van der Waals surface area contributed by atoms with Crippen molar-refractivity contribution in [2.45, 2.75) is 39.0 Å². The molecule has 1 amide bonds. The molecule has 1 aromatic carbocycles. The van der Waals surface area contributed by atoms with Gasteiger partial charge in [-0.15, -0.1) is 0 Å². The maximum absolute atomic E-state index is 12.8. The summed E-state index contributed by atoms with van der Waals surface area (Å²) in [6.07, 6.45) is 4.63. The number of benzene rings is 1. The van der Waals surface area contributed by atoms with Crippen LogP contribution in [0.1, 0.15) is 39.0 Å². The average molecular weight is 468 g/mol. The number of para-hydroxylation sites is 1. The van der Waals surface area contributed by atoms with Gasteiger partial charge in [-0.2, -0.15) is 2.78 Å². The Bertz CT molecular complexity index is 943. The number of amides is 1. The average Bonchev–Trinajstić information content (AvgIpc) is 2.65. The molecule has 0 bridgehead atoms. The van der Waals surface area contributed by atoms with Crippen molar-refractivity contribution in [2.75, 3.05) is 11.1 Å². The van der Waals surface area contributed by atoms with E-state index in [4.69, 9.17) is 5.73 Å². The van der Waals surface area contributed by atoms with E-state index in [0.717, 1.165) is 34.9 Å². The van der Waals surface area contributed by atoms with Gasteiger partial charge in [0.25, 0.3) is 5.56 Å². The SMILES string of the molecule is CC1(C(=O)Nc2c(N)n(-c3ccccc3)c(=O)n(I)c2=O)CCCCC1. The topological polar surface area (TPSA) is 99.1 Å². The van der Waals surface area contributed by atoms with Crippen LogP contribution < -0.4 is 22.3 Å². The van der Waals surface area contributed by atoms with Crippen LogP contribution in [0, 0.1) is 5.41 Å². The lowest BCUT2D eigenvalue weighted by Gasteiger charge is -2.32. The molecule has 2 aromatic rings. The van der Waals surface area contributed by atoms with Gasteiger partial charge in [0, 0.05) is 5.41 Å². The molecule has 1 fully saturated rings. The Labute approximate surface area is 164 Å². The van der Waals surface area contributed by atoms with Gasteiger partial charge in [0.2, 0.25) is 5.91 Å². The maximum Gasteiger partial charge on any atom is 0.346 e. The molecule has 3 N–H and O–H groups in total. The number of carbonyl (C=O) groups is 1. The molecule has 7 nitrogen and oxygen atoms in total. The first-order valence-electron chi connectivity index (χ1n) is 8.56. The maximum atomic E-state index is 12.8. The quantitative estimate of drug-likeness (QED) is 0.677. The predicted octanol–water partition coefficient (Wildman–Crippen LogP) is 2.69. The van der Waals surface area contributed by atoms with Gasteiger partial charge in [-0.1, -0.05) is 44.4 Å². The smallest absolute Gasteiger partial charge is 0.346 e. The highest BCUT2D eigenvalue weighted by molar-refractivity contribution is 14.1. The lowest BCUT2D eigenvalue weighted by atomic mass is 9.75. The number of halogens is 1. The normalized spacial score (nSPS) is 16.2. The standard InChI is InChI=1S/C18H21IN4O3/c1-18(10-6-3-7-11-18)16(25)21-13-14(20)22(12-8-4-2-5-9-12)17(26)23(19)15(13)24/h2,4-5,8-9H,3,6-7,10-11,20H2,1H3,(H,21,25). The van der Waals surface area contributed by atoms with E-state index in [9.17, 15) is 14.4 Å². The fraction of sp³-hybridized carbons (Fsp3) is 0.389. The van der Waals surface area contributed by atoms with Crippen LogP contribution in [0.2, 0.25) is 0 Å². The summed E-state index contributed by atoms with van der Waals surface area (Å²) in [7, 11) is 0. The Morgan fingerprint density at radius 3 is 2.38 bits per heavy atom. The van der Waals surface area contributed by atoms with Crippen LogP contribution in [0.4, 0.5) is 11.5 Å². The van der Waals surface area contributed by atoms with Crippen molar-refractivity contribution in [3.63, 3.8) is 0 Å². The molecule has 3 rings (SSSR count). The third-order valence-corrected chi connectivity index (χ3v) is 5.86. The summed E-state index contributed by atoms with van der Waals surface area (Å²) < 4.78 is 2.16. The van der Waals surface area contributed by atoms with Gasteiger partial charge in [-0.3, -0.25) is 9.59 Å². The molecule has 1 aliphatic rings. The first kappa shape index (κ1) is 18.7. The predicted molar refractivity (Wildman–Crippen MR) is 110 cm³/mol. The molecule has 1 saturated carbocycles. The molecule has 0 radical (unpaired) electrons. The van der Waals surface area contributed by atoms with Crippen molar-refractivity contribution in [2.24, 2.45) is 5.41 Å². The van der Waals surface area contributed by atoms with Crippen LogP contribution >= 0.6 is 22.9 Å². The van der Waals surface area contributed by atoms with Crippen LogP contribution in [0.3, 0.4) is 0 Å². The highest BCUT2D eigenvalue weighted by atomic mass is 127. The zero-order valence-corrected chi connectivity index (χ0v) is 16.7. The van der Waals surface area contributed by atoms with Crippen LogP contribution in [0.25, 0.3) is 5.69 Å². The monoisotopic (exact) mass is 468 g/mol. The van der Waals surface area contributed by atoms with E-state index in [2.05, 4.69) is 5.32 Å². The highest BCUT2D eigenvalue weighted by Gasteiger charge is 2.35. The molecule has 26 heavy (non-hydrogen) atoms. The number of hydrogen-bond acceptors (Lipinski definition) is 4. The number of nitrogen functional groups attached to an aromatic ring is 1. The van der Waals surface area contributed by atoms with Crippen LogP contribution in [0.5, 0.6) is 0 Å². The summed E-state index contributed by atoms with van der Waals surface area (Å²) in [6, 6.07) is 8.79. The molecule has 0 aliphatic heterocycles. The molecule has 1 aromatic heterocycles. The summed E-state index contributed by atoms with van der Waals surface area (Å²) in [5.41, 5.74) is 4.90.